The summed E-state index contributed by atoms with van der Waals surface area (Å²) < 4.78 is 17.3. The molecule has 14 rings (SSSR count). The van der Waals surface area contributed by atoms with Gasteiger partial charge < -0.3 is 9.80 Å². The number of benzene rings is 12. The van der Waals surface area contributed by atoms with Crippen LogP contribution in [-0.2, 0) is 10.8 Å². The lowest BCUT2D eigenvalue weighted by molar-refractivity contribution is 0.630. The minimum atomic E-state index is -0.268. The Morgan fingerprint density at radius 3 is 1.32 bits per heavy atom. The van der Waals surface area contributed by atoms with Gasteiger partial charge in [0.1, 0.15) is 5.82 Å². The first-order valence-electron chi connectivity index (χ1n) is 24.1. The number of hydrogen-bond acceptors (Lipinski definition) is 2. The van der Waals surface area contributed by atoms with Crippen molar-refractivity contribution in [2.75, 3.05) is 9.80 Å². The number of rotatable bonds is 6. The highest BCUT2D eigenvalue weighted by Gasteiger charge is 2.40. The Bertz CT molecular complexity index is 4120. The average Bonchev–Trinajstić information content (AvgIpc) is 3.77. The summed E-state index contributed by atoms with van der Waals surface area (Å²) in [6.07, 6.45) is 0. The van der Waals surface area contributed by atoms with Gasteiger partial charge in [0.15, 0.2) is 0 Å². The molecular weight excluding hydrogens is 840 g/mol. The van der Waals surface area contributed by atoms with E-state index in [1.54, 1.807) is 6.07 Å². The Morgan fingerprint density at radius 1 is 0.304 bits per heavy atom. The molecule has 12 aromatic carbocycles. The van der Waals surface area contributed by atoms with Crippen LogP contribution in [0.3, 0.4) is 0 Å². The summed E-state index contributed by atoms with van der Waals surface area (Å²) in [5.41, 5.74) is 15.5. The van der Waals surface area contributed by atoms with Gasteiger partial charge in [-0.2, -0.15) is 0 Å². The second kappa shape index (κ2) is 14.4. The highest BCUT2D eigenvalue weighted by Crippen LogP contribution is 2.58. The lowest BCUT2D eigenvalue weighted by Crippen LogP contribution is -2.17. The van der Waals surface area contributed by atoms with Gasteiger partial charge in [0, 0.05) is 43.5 Å². The summed E-state index contributed by atoms with van der Waals surface area (Å²) in [6, 6.07) is 76.5. The van der Waals surface area contributed by atoms with E-state index in [2.05, 4.69) is 226 Å². The lowest BCUT2D eigenvalue weighted by Gasteiger charge is -2.32. The lowest BCUT2D eigenvalue weighted by atomic mass is 9.82. The highest BCUT2D eigenvalue weighted by atomic mass is 19.1. The molecule has 0 saturated carbocycles. The molecule has 2 nitrogen and oxygen atoms in total. The Morgan fingerprint density at radius 2 is 0.710 bits per heavy atom. The molecule has 0 saturated heterocycles. The van der Waals surface area contributed by atoms with Gasteiger partial charge in [0.2, 0.25) is 0 Å². The van der Waals surface area contributed by atoms with E-state index < -0.39 is 0 Å². The maximum atomic E-state index is 17.3. The molecule has 2 aliphatic carbocycles. The molecule has 0 bridgehead atoms. The van der Waals surface area contributed by atoms with Crippen molar-refractivity contribution in [3.05, 3.63) is 240 Å². The van der Waals surface area contributed by atoms with Crippen molar-refractivity contribution in [3.63, 3.8) is 0 Å². The monoisotopic (exact) mass is 886 g/mol. The van der Waals surface area contributed by atoms with E-state index in [1.165, 1.54) is 55.1 Å². The van der Waals surface area contributed by atoms with Crippen molar-refractivity contribution < 1.29 is 4.39 Å². The zero-order chi connectivity index (χ0) is 46.3. The standard InChI is InChI=1S/C66H47FN2/c1-65(2)50-23-11-9-21-46(50)62-52(65)25-14-28-58(62)68(55-27-13-18-40-16-5-7-19-44(40)55)56-38-33-42-31-36-49-57(39-34-43-30-35-48(56)60(42)61(43)49)69(64-45-20-8-6-17-41(45)32-37-54(64)67)59-29-15-26-53-63(59)47-22-10-12-24-51(47)66(53,3)4/h5-39H,1-4H3. The van der Waals surface area contributed by atoms with Gasteiger partial charge in [0.25, 0.3) is 0 Å². The van der Waals surface area contributed by atoms with Crippen molar-refractivity contribution >= 4 is 88.0 Å². The highest BCUT2D eigenvalue weighted by molar-refractivity contribution is 6.29. The van der Waals surface area contributed by atoms with Crippen LogP contribution >= 0.6 is 0 Å². The largest absolute Gasteiger partial charge is 0.309 e. The molecule has 0 aliphatic heterocycles. The average molecular weight is 887 g/mol. The third-order valence-corrected chi connectivity index (χ3v) is 15.8. The fourth-order valence-electron chi connectivity index (χ4n) is 12.6. The molecule has 0 fully saturated rings. The predicted molar refractivity (Wildman–Crippen MR) is 290 cm³/mol. The first-order valence-corrected chi connectivity index (χ1v) is 24.1. The summed E-state index contributed by atoms with van der Waals surface area (Å²) in [5.74, 6) is -0.268. The Kier molecular flexibility index (Phi) is 8.30. The summed E-state index contributed by atoms with van der Waals surface area (Å²) >= 11 is 0. The van der Waals surface area contributed by atoms with Crippen molar-refractivity contribution in [2.24, 2.45) is 0 Å². The van der Waals surface area contributed by atoms with Crippen LogP contribution in [0.1, 0.15) is 49.9 Å². The first-order chi connectivity index (χ1) is 33.7. The summed E-state index contributed by atoms with van der Waals surface area (Å²) in [4.78, 5) is 4.76. The third-order valence-electron chi connectivity index (χ3n) is 15.8. The molecular formula is C66H47FN2. The molecule has 2 aliphatic rings. The van der Waals surface area contributed by atoms with E-state index >= 15 is 4.39 Å². The molecule has 328 valence electrons. The number of halogens is 1. The molecule has 0 unspecified atom stereocenters. The molecule has 69 heavy (non-hydrogen) atoms. The molecule has 0 spiro atoms. The number of nitrogens with zero attached hydrogens (tertiary/aromatic N) is 2. The van der Waals surface area contributed by atoms with Gasteiger partial charge in [-0.05, 0) is 102 Å². The number of hydrogen-bond donors (Lipinski definition) is 0. The molecule has 0 amide bonds. The van der Waals surface area contributed by atoms with Crippen molar-refractivity contribution in [3.8, 4) is 22.3 Å². The zero-order valence-electron chi connectivity index (χ0n) is 39.0. The summed E-state index contributed by atoms with van der Waals surface area (Å²) in [6.45, 7) is 9.33. The number of anilines is 6. The minimum absolute atomic E-state index is 0.169. The van der Waals surface area contributed by atoms with E-state index in [1.807, 2.05) is 18.2 Å². The van der Waals surface area contributed by atoms with Crippen LogP contribution in [-0.4, -0.2) is 0 Å². The van der Waals surface area contributed by atoms with Crippen molar-refractivity contribution in [1.82, 2.24) is 0 Å². The minimum Gasteiger partial charge on any atom is -0.309 e. The Balaban J connectivity index is 1.08. The fraction of sp³-hybridized carbons (Fsp3) is 0.0909. The Labute approximate surface area is 401 Å². The van der Waals surface area contributed by atoms with Crippen LogP contribution in [0.5, 0.6) is 0 Å². The zero-order valence-corrected chi connectivity index (χ0v) is 39.0. The van der Waals surface area contributed by atoms with Gasteiger partial charge in [-0.15, -0.1) is 0 Å². The van der Waals surface area contributed by atoms with Crippen LogP contribution in [0.4, 0.5) is 38.5 Å². The van der Waals surface area contributed by atoms with Crippen LogP contribution in [0.15, 0.2) is 212 Å². The van der Waals surface area contributed by atoms with Gasteiger partial charge in [-0.25, -0.2) is 4.39 Å². The van der Waals surface area contributed by atoms with Crippen molar-refractivity contribution in [2.45, 2.75) is 38.5 Å². The van der Waals surface area contributed by atoms with E-state index in [-0.39, 0.29) is 16.6 Å². The van der Waals surface area contributed by atoms with Gasteiger partial charge in [0.05, 0.1) is 34.1 Å². The second-order valence-electron chi connectivity index (χ2n) is 20.1. The van der Waals surface area contributed by atoms with E-state index in [9.17, 15) is 0 Å². The Hall–Kier alpha value is -8.27. The fourth-order valence-corrected chi connectivity index (χ4v) is 12.6. The molecule has 0 aromatic heterocycles. The van der Waals surface area contributed by atoms with Crippen molar-refractivity contribution in [1.29, 1.82) is 0 Å². The van der Waals surface area contributed by atoms with Gasteiger partial charge in [-0.1, -0.05) is 204 Å². The van der Waals surface area contributed by atoms with E-state index in [4.69, 9.17) is 0 Å². The van der Waals surface area contributed by atoms with E-state index in [0.717, 1.165) is 71.7 Å². The quantitative estimate of drug-likeness (QED) is 0.154. The van der Waals surface area contributed by atoms with Crippen LogP contribution in [0, 0.1) is 5.82 Å². The normalized spacial score (nSPS) is 14.1. The SMILES string of the molecule is CC1(C)c2ccccc2-c2c(N(c3cccc4ccccc34)c3ccc4ccc5c(N(c6cccc7c6-c6ccccc6C7(C)C)c6c(F)ccc7ccccc67)ccc6ccc3c4c65)cccc21. The predicted octanol–water partition coefficient (Wildman–Crippen LogP) is 18.6. The molecule has 3 heteroatoms. The topological polar surface area (TPSA) is 6.48 Å². The molecule has 12 aromatic rings. The smallest absolute Gasteiger partial charge is 0.147 e. The van der Waals surface area contributed by atoms with Crippen LogP contribution in [0.25, 0.3) is 76.1 Å². The number of fused-ring (bicyclic) bond motifs is 8. The van der Waals surface area contributed by atoms with Gasteiger partial charge >= 0.3 is 0 Å². The molecule has 0 radical (unpaired) electrons. The molecule has 0 N–H and O–H groups in total. The second-order valence-corrected chi connectivity index (χ2v) is 20.1. The van der Waals surface area contributed by atoms with Crippen LogP contribution in [0.2, 0.25) is 0 Å². The molecule has 0 heterocycles. The van der Waals surface area contributed by atoms with Gasteiger partial charge in [-0.3, -0.25) is 0 Å². The maximum Gasteiger partial charge on any atom is 0.147 e. The maximum absolute atomic E-state index is 17.3. The summed E-state index contributed by atoms with van der Waals surface area (Å²) in [7, 11) is 0. The molecule has 0 atom stereocenters. The summed E-state index contributed by atoms with van der Waals surface area (Å²) in [5, 5.41) is 11.1. The first kappa shape index (κ1) is 39.9. The third kappa shape index (κ3) is 5.47. The van der Waals surface area contributed by atoms with E-state index in [0.29, 0.717) is 5.69 Å². The van der Waals surface area contributed by atoms with Crippen LogP contribution < -0.4 is 9.80 Å².